The fourth-order valence-electron chi connectivity index (χ4n) is 7.71. The number of carbonyl (C=O) groups excluding carboxylic acids is 2. The third-order valence-electron chi connectivity index (χ3n) is 10.1. The Morgan fingerprint density at radius 1 is 1.00 bits per heavy atom. The molecule has 7 rings (SSSR count). The highest BCUT2D eigenvalue weighted by atomic mass is 16.5. The van der Waals surface area contributed by atoms with Crippen molar-refractivity contribution in [2.75, 3.05) is 30.4 Å². The Morgan fingerprint density at radius 2 is 1.85 bits per heavy atom. The molecule has 0 bridgehead atoms. The van der Waals surface area contributed by atoms with Gasteiger partial charge in [-0.1, -0.05) is 12.5 Å². The first-order chi connectivity index (χ1) is 23.3. The number of anilines is 3. The maximum absolute atomic E-state index is 14.4. The quantitative estimate of drug-likeness (QED) is 0.245. The summed E-state index contributed by atoms with van der Waals surface area (Å²) < 4.78 is 9.32. The molecule has 0 spiro atoms. The molecular formula is C37H43N7O4. The molecule has 1 fully saturated rings. The Hall–Kier alpha value is -4.77. The monoisotopic (exact) mass is 649 g/mol. The van der Waals surface area contributed by atoms with Crippen LogP contribution in [-0.4, -0.2) is 56.0 Å². The van der Waals surface area contributed by atoms with Gasteiger partial charge in [-0.25, -0.2) is 4.98 Å². The van der Waals surface area contributed by atoms with E-state index in [-0.39, 0.29) is 18.1 Å². The zero-order valence-electron chi connectivity index (χ0n) is 28.0. The van der Waals surface area contributed by atoms with Gasteiger partial charge in [0.05, 0.1) is 17.1 Å². The van der Waals surface area contributed by atoms with Crippen LogP contribution in [0.25, 0.3) is 11.3 Å². The summed E-state index contributed by atoms with van der Waals surface area (Å²) in [6, 6.07) is 11.6. The first-order valence-corrected chi connectivity index (χ1v) is 17.2. The molecule has 0 saturated carbocycles. The summed E-state index contributed by atoms with van der Waals surface area (Å²) in [5.41, 5.74) is 7.10. The predicted molar refractivity (Wildman–Crippen MR) is 185 cm³/mol. The van der Waals surface area contributed by atoms with Crippen molar-refractivity contribution >= 4 is 29.1 Å². The SMILES string of the molecule is CCn1c(-c2ccnc(COC(C)=O)c2N2CCn3c(cc4c3CCCC4)C2=O)c(Nc2ccc(C3CCCCN3C)cn2)ccc1=O. The van der Waals surface area contributed by atoms with E-state index in [1.54, 1.807) is 27.8 Å². The lowest BCUT2D eigenvalue weighted by Gasteiger charge is -2.33. The van der Waals surface area contributed by atoms with Crippen molar-refractivity contribution < 1.29 is 14.3 Å². The van der Waals surface area contributed by atoms with Gasteiger partial charge in [0.25, 0.3) is 11.5 Å². The molecule has 1 saturated heterocycles. The van der Waals surface area contributed by atoms with Crippen LogP contribution in [-0.2, 0) is 42.1 Å². The maximum atomic E-state index is 14.4. The number of esters is 1. The summed E-state index contributed by atoms with van der Waals surface area (Å²) >= 11 is 0. The number of ether oxygens (including phenoxy) is 1. The lowest BCUT2D eigenvalue weighted by atomic mass is 9.97. The van der Waals surface area contributed by atoms with E-state index >= 15 is 0 Å². The van der Waals surface area contributed by atoms with Gasteiger partial charge in [0.15, 0.2) is 0 Å². The van der Waals surface area contributed by atoms with E-state index in [0.29, 0.717) is 65.5 Å². The van der Waals surface area contributed by atoms with Crippen LogP contribution in [0, 0.1) is 0 Å². The normalized spacial score (nSPS) is 17.9. The summed E-state index contributed by atoms with van der Waals surface area (Å²) in [5.74, 6) is 0.0730. The van der Waals surface area contributed by atoms with Crippen LogP contribution in [0.1, 0.15) is 85.0 Å². The number of piperidine rings is 1. The zero-order chi connectivity index (χ0) is 33.4. The van der Waals surface area contributed by atoms with Gasteiger partial charge in [0.1, 0.15) is 23.8 Å². The lowest BCUT2D eigenvalue weighted by molar-refractivity contribution is -0.142. The molecule has 1 aliphatic carbocycles. The zero-order valence-corrected chi connectivity index (χ0v) is 28.0. The largest absolute Gasteiger partial charge is 0.459 e. The highest BCUT2D eigenvalue weighted by Crippen LogP contribution is 2.40. The molecular weight excluding hydrogens is 606 g/mol. The molecule has 1 N–H and O–H groups in total. The fraction of sp³-hybridized carbons (Fsp3) is 0.432. The summed E-state index contributed by atoms with van der Waals surface area (Å²) in [6.45, 7) is 5.71. The first-order valence-electron chi connectivity index (χ1n) is 17.2. The number of nitrogens with one attached hydrogen (secondary N) is 1. The van der Waals surface area contributed by atoms with Gasteiger partial charge in [-0.2, -0.15) is 0 Å². The number of likely N-dealkylation sites (tertiary alicyclic amines) is 1. The fourth-order valence-corrected chi connectivity index (χ4v) is 7.71. The van der Waals surface area contributed by atoms with Gasteiger partial charge in [-0.15, -0.1) is 0 Å². The summed E-state index contributed by atoms with van der Waals surface area (Å²) in [5, 5.41) is 3.48. The number of aryl methyl sites for hydroxylation is 1. The van der Waals surface area contributed by atoms with Gasteiger partial charge in [0.2, 0.25) is 0 Å². The minimum atomic E-state index is -0.443. The topological polar surface area (TPSA) is 115 Å². The number of fused-ring (bicyclic) bond motifs is 3. The van der Waals surface area contributed by atoms with Crippen LogP contribution in [0.4, 0.5) is 17.2 Å². The van der Waals surface area contributed by atoms with Gasteiger partial charge in [-0.05, 0) is 94.4 Å². The van der Waals surface area contributed by atoms with E-state index in [9.17, 15) is 14.4 Å². The van der Waals surface area contributed by atoms with E-state index in [0.717, 1.165) is 38.6 Å². The molecule has 0 aromatic carbocycles. The van der Waals surface area contributed by atoms with Crippen LogP contribution in [0.15, 0.2) is 53.6 Å². The second-order valence-electron chi connectivity index (χ2n) is 13.0. The third-order valence-corrected chi connectivity index (χ3v) is 10.1. The number of carbonyl (C=O) groups is 2. The second-order valence-corrected chi connectivity index (χ2v) is 13.0. The Labute approximate surface area is 280 Å². The summed E-state index contributed by atoms with van der Waals surface area (Å²) in [6.07, 6.45) is 11.3. The number of rotatable bonds is 8. The van der Waals surface area contributed by atoms with Crippen LogP contribution < -0.4 is 15.8 Å². The molecule has 1 unspecified atom stereocenters. The molecule has 48 heavy (non-hydrogen) atoms. The second kappa shape index (κ2) is 13.4. The van der Waals surface area contributed by atoms with Crippen molar-refractivity contribution in [3.63, 3.8) is 0 Å². The number of hydrogen-bond donors (Lipinski definition) is 1. The highest BCUT2D eigenvalue weighted by Gasteiger charge is 2.34. The molecule has 1 amide bonds. The minimum absolute atomic E-state index is 0.107. The van der Waals surface area contributed by atoms with Gasteiger partial charge in [-0.3, -0.25) is 24.3 Å². The molecule has 0 radical (unpaired) electrons. The van der Waals surface area contributed by atoms with E-state index in [2.05, 4.69) is 32.9 Å². The molecule has 1 atom stereocenters. The van der Waals surface area contributed by atoms with E-state index < -0.39 is 5.97 Å². The van der Waals surface area contributed by atoms with Crippen molar-refractivity contribution in [1.29, 1.82) is 0 Å². The number of aromatic nitrogens is 4. The molecule has 11 nitrogen and oxygen atoms in total. The number of pyridine rings is 3. The van der Waals surface area contributed by atoms with E-state index in [1.807, 2.05) is 31.3 Å². The molecule has 6 heterocycles. The number of hydrogen-bond acceptors (Lipinski definition) is 8. The van der Waals surface area contributed by atoms with Crippen molar-refractivity contribution in [2.24, 2.45) is 0 Å². The minimum Gasteiger partial charge on any atom is -0.459 e. The maximum Gasteiger partial charge on any atom is 0.303 e. The first kappa shape index (κ1) is 31.8. The molecule has 3 aliphatic rings. The molecule has 2 aliphatic heterocycles. The van der Waals surface area contributed by atoms with Gasteiger partial charge < -0.3 is 24.1 Å². The highest BCUT2D eigenvalue weighted by molar-refractivity contribution is 6.09. The third kappa shape index (κ3) is 5.91. The van der Waals surface area contributed by atoms with Gasteiger partial charge in [0, 0.05) is 62.3 Å². The van der Waals surface area contributed by atoms with Crippen molar-refractivity contribution in [2.45, 2.75) is 84.5 Å². The average molecular weight is 650 g/mol. The molecule has 4 aromatic rings. The summed E-state index contributed by atoms with van der Waals surface area (Å²) in [7, 11) is 2.16. The number of nitrogens with zero attached hydrogens (tertiary/aromatic N) is 6. The van der Waals surface area contributed by atoms with Crippen LogP contribution >= 0.6 is 0 Å². The van der Waals surface area contributed by atoms with E-state index in [1.165, 1.54) is 36.6 Å². The van der Waals surface area contributed by atoms with Crippen LogP contribution in [0.2, 0.25) is 0 Å². The van der Waals surface area contributed by atoms with Crippen LogP contribution in [0.5, 0.6) is 0 Å². The van der Waals surface area contributed by atoms with Crippen LogP contribution in [0.3, 0.4) is 0 Å². The Bertz CT molecular complexity index is 1910. The van der Waals surface area contributed by atoms with Crippen molar-refractivity contribution in [1.82, 2.24) is 24.0 Å². The predicted octanol–water partition coefficient (Wildman–Crippen LogP) is 5.63. The van der Waals surface area contributed by atoms with E-state index in [4.69, 9.17) is 9.72 Å². The number of amides is 1. The lowest BCUT2D eigenvalue weighted by Crippen LogP contribution is -2.41. The molecule has 4 aromatic heterocycles. The standard InChI is InChI=1S/C37H43N7O4/c1-4-42-34(46)15-13-28(40-33-14-12-26(22-39-33)30-10-7-8-18-41(30)3)35(42)27-16-17-38-29(23-48-24(2)45)36(27)44-20-19-43-31-11-6-5-9-25(31)21-32(43)37(44)47/h12-17,21-22,30H,4-11,18-20,23H2,1-3H3,(H,39,40). The average Bonchev–Trinajstić information content (AvgIpc) is 3.48. The van der Waals surface area contributed by atoms with Crippen molar-refractivity contribution in [3.05, 3.63) is 87.4 Å². The Kier molecular flexibility index (Phi) is 8.87. The summed E-state index contributed by atoms with van der Waals surface area (Å²) in [4.78, 5) is 53.2. The molecule has 11 heteroatoms. The van der Waals surface area contributed by atoms with Gasteiger partial charge >= 0.3 is 5.97 Å². The smallest absolute Gasteiger partial charge is 0.303 e. The van der Waals surface area contributed by atoms with Crippen molar-refractivity contribution in [3.8, 4) is 11.3 Å². The molecule has 250 valence electrons. The Balaban J connectivity index is 1.32. The Morgan fingerprint density at radius 3 is 2.62 bits per heavy atom.